The average molecular weight is 337 g/mol. The summed E-state index contributed by atoms with van der Waals surface area (Å²) in [4.78, 5) is 0. The van der Waals surface area contributed by atoms with Gasteiger partial charge in [-0.1, -0.05) is 19.1 Å². The first kappa shape index (κ1) is 15.9. The van der Waals surface area contributed by atoms with Crippen molar-refractivity contribution in [3.05, 3.63) is 29.8 Å². The van der Waals surface area contributed by atoms with E-state index >= 15 is 0 Å². The quantitative estimate of drug-likeness (QED) is 0.618. The van der Waals surface area contributed by atoms with Gasteiger partial charge in [0.1, 0.15) is 4.33 Å². The Morgan fingerprint density at radius 3 is 2.35 bits per heavy atom. The van der Waals surface area contributed by atoms with Gasteiger partial charge < -0.3 is 5.73 Å². The third-order valence-electron chi connectivity index (χ3n) is 3.59. The Labute approximate surface area is 129 Å². The lowest BCUT2D eigenvalue weighted by molar-refractivity contribution is 0.552. The van der Waals surface area contributed by atoms with Crippen molar-refractivity contribution < 1.29 is 8.42 Å². The smallest absolute Gasteiger partial charge is 0.212 e. The topological polar surface area (TPSA) is 72.2 Å². The highest BCUT2D eigenvalue weighted by atomic mass is 35.5. The normalized spacial score (nSPS) is 24.6. The summed E-state index contributed by atoms with van der Waals surface area (Å²) in [6.07, 6.45) is 1.12. The number of sulfonamides is 1. The maximum atomic E-state index is 12.0. The molecule has 0 amide bonds. The minimum Gasteiger partial charge on any atom is -0.399 e. The van der Waals surface area contributed by atoms with Gasteiger partial charge in [-0.3, -0.25) is 0 Å². The molecule has 20 heavy (non-hydrogen) atoms. The van der Waals surface area contributed by atoms with E-state index in [-0.39, 0.29) is 5.75 Å². The van der Waals surface area contributed by atoms with E-state index in [0.717, 1.165) is 5.56 Å². The van der Waals surface area contributed by atoms with Gasteiger partial charge in [-0.25, -0.2) is 13.1 Å². The third-order valence-corrected chi connectivity index (χ3v) is 6.44. The molecule has 0 bridgehead atoms. The molecule has 1 aromatic rings. The van der Waals surface area contributed by atoms with Gasteiger partial charge in [0.05, 0.1) is 5.75 Å². The fraction of sp³-hybridized carbons (Fsp3) is 0.538. The number of halogens is 2. The van der Waals surface area contributed by atoms with Crippen molar-refractivity contribution in [3.63, 3.8) is 0 Å². The van der Waals surface area contributed by atoms with E-state index in [9.17, 15) is 8.42 Å². The largest absolute Gasteiger partial charge is 0.399 e. The Bertz CT molecular complexity index is 587. The van der Waals surface area contributed by atoms with Gasteiger partial charge in [-0.15, -0.1) is 23.2 Å². The Morgan fingerprint density at radius 2 is 1.85 bits per heavy atom. The van der Waals surface area contributed by atoms with Gasteiger partial charge in [-0.05, 0) is 30.5 Å². The molecule has 7 heteroatoms. The molecule has 112 valence electrons. The molecule has 0 radical (unpaired) electrons. The number of rotatable bonds is 6. The predicted octanol–water partition coefficient (Wildman–Crippen LogP) is 2.31. The molecular formula is C13H18Cl2N2O2S. The molecule has 1 aliphatic carbocycles. The van der Waals surface area contributed by atoms with Crippen LogP contribution >= 0.6 is 23.2 Å². The molecule has 1 aromatic carbocycles. The third kappa shape index (κ3) is 3.79. The van der Waals surface area contributed by atoms with Gasteiger partial charge in [0.2, 0.25) is 10.0 Å². The van der Waals surface area contributed by atoms with Crippen molar-refractivity contribution >= 4 is 38.9 Å². The monoisotopic (exact) mass is 336 g/mol. The summed E-state index contributed by atoms with van der Waals surface area (Å²) in [7, 11) is -3.37. The second-order valence-corrected chi connectivity index (χ2v) is 8.88. The zero-order valence-corrected chi connectivity index (χ0v) is 13.5. The fourth-order valence-electron chi connectivity index (χ4n) is 2.11. The zero-order valence-electron chi connectivity index (χ0n) is 11.2. The van der Waals surface area contributed by atoms with E-state index in [1.165, 1.54) is 0 Å². The zero-order chi connectivity index (χ0) is 15.0. The van der Waals surface area contributed by atoms with E-state index in [1.54, 1.807) is 19.1 Å². The van der Waals surface area contributed by atoms with Gasteiger partial charge in [0, 0.05) is 17.6 Å². The molecule has 2 rings (SSSR count). The minimum atomic E-state index is -3.37. The molecule has 0 aromatic heterocycles. The van der Waals surface area contributed by atoms with Crippen LogP contribution in [0, 0.1) is 5.41 Å². The highest BCUT2D eigenvalue weighted by Crippen LogP contribution is 2.64. The van der Waals surface area contributed by atoms with Gasteiger partial charge >= 0.3 is 0 Å². The van der Waals surface area contributed by atoms with E-state index in [1.807, 2.05) is 12.1 Å². The highest BCUT2D eigenvalue weighted by molar-refractivity contribution is 7.89. The number of alkyl halides is 2. The number of nitrogen functional groups attached to an aromatic ring is 1. The maximum Gasteiger partial charge on any atom is 0.212 e. The summed E-state index contributed by atoms with van der Waals surface area (Å²) in [6.45, 7) is 2.13. The highest BCUT2D eigenvalue weighted by Gasteiger charge is 2.64. The first-order chi connectivity index (χ1) is 9.14. The van der Waals surface area contributed by atoms with Crippen molar-refractivity contribution in [2.24, 2.45) is 5.41 Å². The molecule has 0 aliphatic heterocycles. The second kappa shape index (κ2) is 5.37. The fourth-order valence-corrected chi connectivity index (χ4v) is 4.69. The standard InChI is InChI=1S/C13H18Cl2N2O2S/c1-12(8-13(12,14)15)9-20(18,19)17-7-6-10-2-4-11(16)5-3-10/h2-5,17H,6-9,16H2,1H3. The van der Waals surface area contributed by atoms with Crippen LogP contribution in [-0.4, -0.2) is 25.0 Å². The molecular weight excluding hydrogens is 319 g/mol. The van der Waals surface area contributed by atoms with Crippen LogP contribution in [0.2, 0.25) is 0 Å². The van der Waals surface area contributed by atoms with Crippen molar-refractivity contribution in [1.29, 1.82) is 0 Å². The van der Waals surface area contributed by atoms with Crippen LogP contribution in [0.1, 0.15) is 18.9 Å². The van der Waals surface area contributed by atoms with Crippen LogP contribution in [0.25, 0.3) is 0 Å². The average Bonchev–Trinajstić information content (AvgIpc) is 2.78. The van der Waals surface area contributed by atoms with Crippen molar-refractivity contribution in [2.45, 2.75) is 24.1 Å². The summed E-state index contributed by atoms with van der Waals surface area (Å²) in [6, 6.07) is 7.36. The molecule has 1 aliphatic rings. The number of hydrogen-bond donors (Lipinski definition) is 2. The number of benzene rings is 1. The van der Waals surface area contributed by atoms with E-state index in [4.69, 9.17) is 28.9 Å². The maximum absolute atomic E-state index is 12.0. The molecule has 4 nitrogen and oxygen atoms in total. The molecule has 1 atom stereocenters. The first-order valence-corrected chi connectivity index (χ1v) is 8.74. The molecule has 0 heterocycles. The number of nitrogens with one attached hydrogen (secondary N) is 1. The van der Waals surface area contributed by atoms with Crippen LogP contribution in [-0.2, 0) is 16.4 Å². The number of nitrogens with two attached hydrogens (primary N) is 1. The van der Waals surface area contributed by atoms with Crippen molar-refractivity contribution in [3.8, 4) is 0 Å². The van der Waals surface area contributed by atoms with Gasteiger partial charge in [0.25, 0.3) is 0 Å². The lowest BCUT2D eigenvalue weighted by atomic mass is 10.1. The van der Waals surface area contributed by atoms with E-state index in [0.29, 0.717) is 25.1 Å². The summed E-state index contributed by atoms with van der Waals surface area (Å²) in [5, 5.41) is 0. The molecule has 1 unspecified atom stereocenters. The van der Waals surface area contributed by atoms with Gasteiger partial charge in [0.15, 0.2) is 0 Å². The summed E-state index contributed by atoms with van der Waals surface area (Å²) in [5.41, 5.74) is 6.76. The summed E-state index contributed by atoms with van der Waals surface area (Å²) in [5.74, 6) is -0.0469. The van der Waals surface area contributed by atoms with E-state index < -0.39 is 19.8 Å². The predicted molar refractivity (Wildman–Crippen MR) is 83.5 cm³/mol. The SMILES string of the molecule is CC1(CS(=O)(=O)NCCc2ccc(N)cc2)CC1(Cl)Cl. The summed E-state index contributed by atoms with van der Waals surface area (Å²) < 4.78 is 25.6. The lowest BCUT2D eigenvalue weighted by Gasteiger charge is -2.13. The van der Waals surface area contributed by atoms with E-state index in [2.05, 4.69) is 4.72 Å². The number of anilines is 1. The summed E-state index contributed by atoms with van der Waals surface area (Å²) >= 11 is 11.9. The molecule has 3 N–H and O–H groups in total. The van der Waals surface area contributed by atoms with Crippen LogP contribution in [0.4, 0.5) is 5.69 Å². The first-order valence-electron chi connectivity index (χ1n) is 6.33. The molecule has 0 saturated heterocycles. The van der Waals surface area contributed by atoms with Crippen LogP contribution in [0.5, 0.6) is 0 Å². The van der Waals surface area contributed by atoms with Crippen LogP contribution < -0.4 is 10.5 Å². The number of hydrogen-bond acceptors (Lipinski definition) is 3. The minimum absolute atomic E-state index is 0.0469. The molecule has 1 fully saturated rings. The van der Waals surface area contributed by atoms with Crippen LogP contribution in [0.3, 0.4) is 0 Å². The van der Waals surface area contributed by atoms with Gasteiger partial charge in [-0.2, -0.15) is 0 Å². The Hall–Kier alpha value is -0.490. The molecule has 0 spiro atoms. The Morgan fingerprint density at radius 1 is 1.30 bits per heavy atom. The van der Waals surface area contributed by atoms with Crippen molar-refractivity contribution in [2.75, 3.05) is 18.0 Å². The Kier molecular flexibility index (Phi) is 4.27. The Balaban J connectivity index is 1.83. The second-order valence-electron chi connectivity index (χ2n) is 5.59. The van der Waals surface area contributed by atoms with Crippen LogP contribution in [0.15, 0.2) is 24.3 Å². The molecule has 1 saturated carbocycles. The lowest BCUT2D eigenvalue weighted by Crippen LogP contribution is -2.32. The van der Waals surface area contributed by atoms with Crippen molar-refractivity contribution in [1.82, 2.24) is 4.72 Å².